The Morgan fingerprint density at radius 3 is 2.37 bits per heavy atom. The highest BCUT2D eigenvalue weighted by Gasteiger charge is 2.46. The average Bonchev–Trinajstić information content (AvgIpc) is 3.56. The monoisotopic (exact) mass is 522 g/mol. The van der Waals surface area contributed by atoms with Gasteiger partial charge in [-0.05, 0) is 47.3 Å². The maximum Gasteiger partial charge on any atom is 0.333 e. The molecular formula is C36H19BN2O2. The minimum absolute atomic E-state index is 0.0324. The van der Waals surface area contributed by atoms with E-state index in [-0.39, 0.29) is 6.85 Å². The summed E-state index contributed by atoms with van der Waals surface area (Å²) in [6.07, 6.45) is 0. The smallest absolute Gasteiger partial charge is 0.333 e. The van der Waals surface area contributed by atoms with Crippen molar-refractivity contribution in [1.29, 1.82) is 0 Å². The van der Waals surface area contributed by atoms with E-state index >= 15 is 0 Å². The predicted molar refractivity (Wildman–Crippen MR) is 167 cm³/mol. The van der Waals surface area contributed by atoms with E-state index < -0.39 is 0 Å². The van der Waals surface area contributed by atoms with Gasteiger partial charge in [-0.3, -0.25) is 0 Å². The Balaban J connectivity index is 1.43. The van der Waals surface area contributed by atoms with Crippen LogP contribution in [-0.2, 0) is 0 Å². The lowest BCUT2D eigenvalue weighted by Gasteiger charge is -2.43. The molecule has 0 saturated carbocycles. The minimum Gasteiger partial charge on any atom is -0.455 e. The number of fused-ring (bicyclic) bond motifs is 13. The van der Waals surface area contributed by atoms with Crippen LogP contribution in [0.25, 0.3) is 54.9 Å². The van der Waals surface area contributed by atoms with Crippen LogP contribution in [-0.4, -0.2) is 11.3 Å². The second-order valence-electron chi connectivity index (χ2n) is 11.2. The zero-order valence-electron chi connectivity index (χ0n) is 21.8. The molecule has 6 aromatic carbocycles. The lowest BCUT2D eigenvalue weighted by atomic mass is 9.45. The third-order valence-corrected chi connectivity index (χ3v) is 9.33. The molecule has 3 aliphatic rings. The van der Waals surface area contributed by atoms with Gasteiger partial charge in [0.2, 0.25) is 0 Å². The van der Waals surface area contributed by atoms with E-state index in [4.69, 9.17) is 9.15 Å². The van der Waals surface area contributed by atoms with Crippen LogP contribution in [0, 0.1) is 0 Å². The van der Waals surface area contributed by atoms with Gasteiger partial charge in [-0.15, -0.1) is 0 Å². The van der Waals surface area contributed by atoms with Crippen molar-refractivity contribution in [1.82, 2.24) is 4.48 Å². The van der Waals surface area contributed by atoms with Gasteiger partial charge in [0.15, 0.2) is 11.5 Å². The van der Waals surface area contributed by atoms with Crippen molar-refractivity contribution in [3.8, 4) is 22.6 Å². The fourth-order valence-electron chi connectivity index (χ4n) is 7.83. The fraction of sp³-hybridized carbons (Fsp3) is 0. The molecule has 0 fully saturated rings. The van der Waals surface area contributed by atoms with Crippen LogP contribution in [0.1, 0.15) is 0 Å². The van der Waals surface area contributed by atoms with Crippen molar-refractivity contribution in [2.45, 2.75) is 0 Å². The van der Waals surface area contributed by atoms with Crippen LogP contribution in [0.3, 0.4) is 0 Å². The van der Waals surface area contributed by atoms with Crippen molar-refractivity contribution in [2.24, 2.45) is 0 Å². The number of nitrogens with zero attached hydrogens (tertiary/aromatic N) is 2. The third-order valence-electron chi connectivity index (χ3n) is 9.33. The first kappa shape index (κ1) is 20.5. The number of benzene rings is 6. The summed E-state index contributed by atoms with van der Waals surface area (Å²) in [6.45, 7) is -0.0324. The Morgan fingerprint density at radius 2 is 1.39 bits per heavy atom. The largest absolute Gasteiger partial charge is 0.455 e. The molecule has 5 heterocycles. The van der Waals surface area contributed by atoms with Gasteiger partial charge >= 0.3 is 6.85 Å². The summed E-state index contributed by atoms with van der Waals surface area (Å²) in [5.41, 5.74) is 12.7. The molecular weight excluding hydrogens is 503 g/mol. The first-order valence-electron chi connectivity index (χ1n) is 14.1. The molecule has 0 spiro atoms. The molecule has 0 amide bonds. The molecule has 0 radical (unpaired) electrons. The number of para-hydroxylation sites is 6. The van der Waals surface area contributed by atoms with Gasteiger partial charge in [-0.25, -0.2) is 0 Å². The molecule has 0 bridgehead atoms. The third kappa shape index (κ3) is 2.26. The zero-order chi connectivity index (χ0) is 26.4. The van der Waals surface area contributed by atoms with Crippen LogP contribution >= 0.6 is 0 Å². The molecule has 0 N–H and O–H groups in total. The van der Waals surface area contributed by atoms with E-state index in [1.807, 2.05) is 6.07 Å². The van der Waals surface area contributed by atoms with Gasteiger partial charge in [0.05, 0.1) is 11.4 Å². The van der Waals surface area contributed by atoms with Gasteiger partial charge < -0.3 is 18.5 Å². The summed E-state index contributed by atoms with van der Waals surface area (Å²) in [7, 11) is 0. The highest BCUT2D eigenvalue weighted by Crippen LogP contribution is 2.54. The van der Waals surface area contributed by atoms with Crippen LogP contribution in [0.15, 0.2) is 120 Å². The Labute approximate surface area is 234 Å². The first-order valence-corrected chi connectivity index (χ1v) is 14.1. The van der Waals surface area contributed by atoms with Gasteiger partial charge in [0.1, 0.15) is 11.2 Å². The quantitative estimate of drug-likeness (QED) is 0.188. The maximum atomic E-state index is 6.75. The Kier molecular flexibility index (Phi) is 3.41. The molecule has 8 aromatic rings. The van der Waals surface area contributed by atoms with Crippen LogP contribution in [0.5, 0.6) is 11.5 Å². The first-order chi connectivity index (χ1) is 20.4. The van der Waals surface area contributed by atoms with Crippen LogP contribution < -0.4 is 20.6 Å². The molecule has 41 heavy (non-hydrogen) atoms. The SMILES string of the molecule is c1ccc2c(c1)Oc1cccc3c1N2c1cc2c(oc4ccccc42)c2c1B3n1c3ccccc3c3cccc-2c31. The summed E-state index contributed by atoms with van der Waals surface area (Å²) < 4.78 is 15.9. The number of aromatic nitrogens is 1. The van der Waals surface area contributed by atoms with E-state index in [0.717, 1.165) is 44.8 Å². The van der Waals surface area contributed by atoms with Gasteiger partial charge in [-0.2, -0.15) is 0 Å². The summed E-state index contributed by atoms with van der Waals surface area (Å²) in [5.74, 6) is 1.75. The van der Waals surface area contributed by atoms with E-state index in [9.17, 15) is 0 Å². The molecule has 4 nitrogen and oxygen atoms in total. The number of furan rings is 1. The number of hydrogen-bond donors (Lipinski definition) is 0. The Bertz CT molecular complexity index is 2490. The number of rotatable bonds is 0. The van der Waals surface area contributed by atoms with Crippen molar-refractivity contribution in [3.05, 3.63) is 115 Å². The highest BCUT2D eigenvalue weighted by molar-refractivity contribution is 6.90. The lowest BCUT2D eigenvalue weighted by molar-refractivity contribution is 0.477. The van der Waals surface area contributed by atoms with Crippen LogP contribution in [0.4, 0.5) is 17.1 Å². The van der Waals surface area contributed by atoms with Crippen molar-refractivity contribution in [2.75, 3.05) is 4.90 Å². The molecule has 0 saturated heterocycles. The van der Waals surface area contributed by atoms with Crippen molar-refractivity contribution in [3.63, 3.8) is 0 Å². The molecule has 188 valence electrons. The van der Waals surface area contributed by atoms with Crippen molar-refractivity contribution < 1.29 is 9.15 Å². The molecule has 0 atom stereocenters. The fourth-order valence-corrected chi connectivity index (χ4v) is 7.83. The molecule has 11 rings (SSSR count). The summed E-state index contributed by atoms with van der Waals surface area (Å²) in [4.78, 5) is 2.43. The number of anilines is 3. The maximum absolute atomic E-state index is 6.75. The van der Waals surface area contributed by atoms with Gasteiger partial charge in [0.25, 0.3) is 0 Å². The average molecular weight is 522 g/mol. The standard InChI is InChI=1S/C36H19BN2O2/c1-3-14-26-20(9-1)22-11-7-12-23-32-33-28(19-24-21-10-2-5-16-29(21)41-36(24)32)38-27-15-4-6-17-30(27)40-31-18-8-13-25(35(31)38)37(33)39(26)34(22)23/h1-19H. The summed E-state index contributed by atoms with van der Waals surface area (Å²) in [6, 6.07) is 41.2. The second-order valence-corrected chi connectivity index (χ2v) is 11.2. The topological polar surface area (TPSA) is 30.5 Å². The molecule has 3 aliphatic heterocycles. The summed E-state index contributed by atoms with van der Waals surface area (Å²) in [5, 5.41) is 4.82. The van der Waals surface area contributed by atoms with Gasteiger partial charge in [-0.1, -0.05) is 78.9 Å². The molecule has 5 heteroatoms. The molecule has 0 unspecified atom stereocenters. The predicted octanol–water partition coefficient (Wildman–Crippen LogP) is 8.22. The molecule has 0 aliphatic carbocycles. The number of hydrogen-bond acceptors (Lipinski definition) is 3. The van der Waals surface area contributed by atoms with Crippen LogP contribution in [0.2, 0.25) is 0 Å². The lowest BCUT2D eigenvalue weighted by Crippen LogP contribution is -2.57. The Hall–Kier alpha value is -5.42. The number of ether oxygens (including phenoxy) is 1. The summed E-state index contributed by atoms with van der Waals surface area (Å²) >= 11 is 0. The van der Waals surface area contributed by atoms with E-state index in [2.05, 4.69) is 119 Å². The zero-order valence-corrected chi connectivity index (χ0v) is 21.8. The highest BCUT2D eigenvalue weighted by atomic mass is 16.5. The normalized spacial score (nSPS) is 14.0. The van der Waals surface area contributed by atoms with Gasteiger partial charge in [0, 0.05) is 49.4 Å². The van der Waals surface area contributed by atoms with E-state index in [1.54, 1.807) is 0 Å². The Morgan fingerprint density at radius 1 is 0.610 bits per heavy atom. The molecule has 2 aromatic heterocycles. The van der Waals surface area contributed by atoms with E-state index in [1.165, 1.54) is 49.5 Å². The van der Waals surface area contributed by atoms with Crippen molar-refractivity contribution >= 4 is 78.6 Å². The van der Waals surface area contributed by atoms with E-state index in [0.29, 0.717) is 0 Å². The second kappa shape index (κ2) is 6.83. The minimum atomic E-state index is -0.0324.